The molecule has 1 N–H and O–H groups in total. The van der Waals surface area contributed by atoms with Crippen molar-refractivity contribution in [2.24, 2.45) is 7.05 Å². The summed E-state index contributed by atoms with van der Waals surface area (Å²) in [7, 11) is 1.72. The molecule has 27 heavy (non-hydrogen) atoms. The summed E-state index contributed by atoms with van der Waals surface area (Å²) in [5.74, 6) is -0.220. The number of rotatable bonds is 7. The van der Waals surface area contributed by atoms with E-state index in [1.54, 1.807) is 7.05 Å². The van der Waals surface area contributed by atoms with Gasteiger partial charge in [0.25, 0.3) is 5.56 Å². The maximum atomic E-state index is 12.4. The molecule has 8 nitrogen and oxygen atoms in total. The summed E-state index contributed by atoms with van der Waals surface area (Å²) >= 11 is 0. The molecule has 0 aliphatic heterocycles. The monoisotopic (exact) mass is 368 g/mol. The zero-order valence-corrected chi connectivity index (χ0v) is 15.8. The fourth-order valence-corrected chi connectivity index (χ4v) is 3.01. The van der Waals surface area contributed by atoms with Crippen LogP contribution in [0, 0.1) is 6.92 Å². The van der Waals surface area contributed by atoms with E-state index in [1.165, 1.54) is 27.3 Å². The lowest BCUT2D eigenvalue weighted by Gasteiger charge is -2.23. The van der Waals surface area contributed by atoms with Crippen LogP contribution in [0.3, 0.4) is 0 Å². The van der Waals surface area contributed by atoms with E-state index in [-0.39, 0.29) is 18.0 Å². The Kier molecular flexibility index (Phi) is 5.54. The summed E-state index contributed by atoms with van der Waals surface area (Å²) < 4.78 is 2.84. The van der Waals surface area contributed by atoms with Gasteiger partial charge in [-0.1, -0.05) is 12.1 Å². The van der Waals surface area contributed by atoms with Crippen molar-refractivity contribution in [1.29, 1.82) is 0 Å². The first kappa shape index (κ1) is 18.6. The van der Waals surface area contributed by atoms with Crippen molar-refractivity contribution in [2.75, 3.05) is 24.5 Å². The Bertz CT molecular complexity index is 1010. The maximum Gasteiger partial charge on any atom is 0.264 e. The first-order valence-corrected chi connectivity index (χ1v) is 8.95. The van der Waals surface area contributed by atoms with Gasteiger partial charge in [-0.25, -0.2) is 4.98 Å². The Labute approximate surface area is 157 Å². The summed E-state index contributed by atoms with van der Waals surface area (Å²) in [6.07, 6.45) is 2.86. The SMILES string of the molecule is CCN(CCNC(=O)Cn1cnc2c(cnn2C)c1=O)c1cccc(C)c1. The van der Waals surface area contributed by atoms with Crippen LogP contribution in [0.5, 0.6) is 0 Å². The molecular formula is C19H24N6O2. The number of anilines is 1. The fraction of sp³-hybridized carbons (Fsp3) is 0.368. The number of likely N-dealkylation sites (N-methyl/N-ethyl adjacent to an activating group) is 1. The van der Waals surface area contributed by atoms with Gasteiger partial charge in [0.15, 0.2) is 5.65 Å². The van der Waals surface area contributed by atoms with E-state index < -0.39 is 0 Å². The second-order valence-corrected chi connectivity index (χ2v) is 6.45. The number of carbonyl (C=O) groups excluding carboxylic acids is 1. The quantitative estimate of drug-likeness (QED) is 0.675. The number of nitrogens with one attached hydrogen (secondary N) is 1. The molecule has 0 unspecified atom stereocenters. The minimum Gasteiger partial charge on any atom is -0.370 e. The smallest absolute Gasteiger partial charge is 0.264 e. The number of aromatic nitrogens is 4. The highest BCUT2D eigenvalue weighted by Crippen LogP contribution is 2.14. The van der Waals surface area contributed by atoms with Gasteiger partial charge in [0.1, 0.15) is 18.3 Å². The highest BCUT2D eigenvalue weighted by atomic mass is 16.2. The molecule has 0 aliphatic rings. The van der Waals surface area contributed by atoms with Crippen LogP contribution in [0.4, 0.5) is 5.69 Å². The predicted molar refractivity (Wildman–Crippen MR) is 105 cm³/mol. The first-order chi connectivity index (χ1) is 13.0. The lowest BCUT2D eigenvalue weighted by molar-refractivity contribution is -0.121. The van der Waals surface area contributed by atoms with Gasteiger partial charge in [-0.2, -0.15) is 5.10 Å². The lowest BCUT2D eigenvalue weighted by Crippen LogP contribution is -2.38. The summed E-state index contributed by atoms with van der Waals surface area (Å²) in [4.78, 5) is 31.0. The third kappa shape index (κ3) is 4.16. The number of hydrogen-bond donors (Lipinski definition) is 1. The molecule has 3 aromatic rings. The number of carbonyl (C=O) groups is 1. The largest absolute Gasteiger partial charge is 0.370 e. The molecule has 8 heteroatoms. The molecule has 142 valence electrons. The molecule has 2 heterocycles. The van der Waals surface area contributed by atoms with Gasteiger partial charge in [-0.05, 0) is 31.5 Å². The van der Waals surface area contributed by atoms with Crippen LogP contribution in [-0.2, 0) is 18.4 Å². The van der Waals surface area contributed by atoms with Gasteiger partial charge < -0.3 is 10.2 Å². The molecule has 0 saturated heterocycles. The topological polar surface area (TPSA) is 85.1 Å². The van der Waals surface area contributed by atoms with Crippen molar-refractivity contribution in [3.63, 3.8) is 0 Å². The van der Waals surface area contributed by atoms with Crippen molar-refractivity contribution in [3.05, 3.63) is 52.7 Å². The highest BCUT2D eigenvalue weighted by molar-refractivity contribution is 5.77. The fourth-order valence-electron chi connectivity index (χ4n) is 3.01. The maximum absolute atomic E-state index is 12.4. The molecule has 1 amide bonds. The lowest BCUT2D eigenvalue weighted by atomic mass is 10.2. The predicted octanol–water partition coefficient (Wildman–Crippen LogP) is 1.08. The van der Waals surface area contributed by atoms with Crippen LogP contribution < -0.4 is 15.8 Å². The van der Waals surface area contributed by atoms with Crippen molar-refractivity contribution < 1.29 is 4.79 Å². The van der Waals surface area contributed by atoms with Gasteiger partial charge in [-0.15, -0.1) is 0 Å². The number of benzene rings is 1. The molecule has 1 aromatic carbocycles. The van der Waals surface area contributed by atoms with E-state index in [0.717, 1.165) is 12.2 Å². The number of nitrogens with zero attached hydrogens (tertiary/aromatic N) is 5. The van der Waals surface area contributed by atoms with E-state index in [4.69, 9.17) is 0 Å². The molecule has 0 fully saturated rings. The normalized spacial score (nSPS) is 10.9. The average molecular weight is 368 g/mol. The Morgan fingerprint density at radius 3 is 2.89 bits per heavy atom. The standard InChI is InChI=1S/C19H24N6O2/c1-4-24(15-7-5-6-14(2)10-15)9-8-20-17(26)12-25-13-21-18-16(19(25)27)11-22-23(18)3/h5-7,10-11,13H,4,8-9,12H2,1-3H3,(H,20,26). The van der Waals surface area contributed by atoms with Crippen LogP contribution in [0.15, 0.2) is 41.6 Å². The summed E-state index contributed by atoms with van der Waals surface area (Å²) in [5, 5.41) is 7.30. The zero-order valence-electron chi connectivity index (χ0n) is 15.8. The number of fused-ring (bicyclic) bond motifs is 1. The Balaban J connectivity index is 1.58. The zero-order chi connectivity index (χ0) is 19.4. The van der Waals surface area contributed by atoms with Crippen molar-refractivity contribution in [1.82, 2.24) is 24.6 Å². The van der Waals surface area contributed by atoms with Gasteiger partial charge in [0, 0.05) is 32.4 Å². The second-order valence-electron chi connectivity index (χ2n) is 6.45. The summed E-state index contributed by atoms with van der Waals surface area (Å²) in [6.45, 7) is 6.12. The minimum atomic E-state index is -0.266. The number of hydrogen-bond acceptors (Lipinski definition) is 5. The molecule has 0 atom stereocenters. The van der Waals surface area contributed by atoms with Gasteiger partial charge >= 0.3 is 0 Å². The van der Waals surface area contributed by atoms with Crippen molar-refractivity contribution in [3.8, 4) is 0 Å². The average Bonchev–Trinajstić information content (AvgIpc) is 3.03. The van der Waals surface area contributed by atoms with E-state index in [1.807, 2.05) is 6.07 Å². The highest BCUT2D eigenvalue weighted by Gasteiger charge is 2.11. The Morgan fingerprint density at radius 1 is 1.33 bits per heavy atom. The molecule has 0 spiro atoms. The number of aryl methyl sites for hydroxylation is 2. The van der Waals surface area contributed by atoms with Crippen LogP contribution in [0.1, 0.15) is 12.5 Å². The van der Waals surface area contributed by atoms with Crippen molar-refractivity contribution in [2.45, 2.75) is 20.4 Å². The van der Waals surface area contributed by atoms with E-state index in [0.29, 0.717) is 24.1 Å². The summed E-state index contributed by atoms with van der Waals surface area (Å²) in [6, 6.07) is 8.27. The van der Waals surface area contributed by atoms with Crippen LogP contribution in [0.25, 0.3) is 11.0 Å². The van der Waals surface area contributed by atoms with Gasteiger partial charge in [-0.3, -0.25) is 18.8 Å². The van der Waals surface area contributed by atoms with Crippen molar-refractivity contribution >= 4 is 22.6 Å². The minimum absolute atomic E-state index is 0.0623. The third-order valence-electron chi connectivity index (χ3n) is 4.48. The van der Waals surface area contributed by atoms with Gasteiger partial charge in [0.2, 0.25) is 5.91 Å². The molecule has 0 bridgehead atoms. The molecule has 3 rings (SSSR count). The van der Waals surface area contributed by atoms with E-state index in [2.05, 4.69) is 52.3 Å². The molecule has 2 aromatic heterocycles. The number of amides is 1. The van der Waals surface area contributed by atoms with E-state index in [9.17, 15) is 9.59 Å². The molecule has 0 aliphatic carbocycles. The second kappa shape index (κ2) is 8.03. The molecule has 0 saturated carbocycles. The molecule has 0 radical (unpaired) electrons. The van der Waals surface area contributed by atoms with Crippen LogP contribution >= 0.6 is 0 Å². The Hall–Kier alpha value is -3.16. The Morgan fingerprint density at radius 2 is 2.15 bits per heavy atom. The summed E-state index contributed by atoms with van der Waals surface area (Å²) in [5.41, 5.74) is 2.58. The van der Waals surface area contributed by atoms with Crippen LogP contribution in [0.2, 0.25) is 0 Å². The van der Waals surface area contributed by atoms with Gasteiger partial charge in [0.05, 0.1) is 6.20 Å². The first-order valence-electron chi connectivity index (χ1n) is 8.95. The van der Waals surface area contributed by atoms with E-state index >= 15 is 0 Å². The third-order valence-corrected chi connectivity index (χ3v) is 4.48. The molecular weight excluding hydrogens is 344 g/mol. The van der Waals surface area contributed by atoms with Crippen LogP contribution in [-0.4, -0.2) is 44.9 Å².